The largest absolute Gasteiger partial charge is 0.361 e. The van der Waals surface area contributed by atoms with E-state index in [1.165, 1.54) is 37.8 Å². The van der Waals surface area contributed by atoms with Crippen LogP contribution in [-0.4, -0.2) is 42.2 Å². The van der Waals surface area contributed by atoms with Gasteiger partial charge < -0.3 is 14.7 Å². The van der Waals surface area contributed by atoms with Gasteiger partial charge in [0, 0.05) is 31.7 Å². The molecule has 0 aromatic carbocycles. The van der Waals surface area contributed by atoms with E-state index in [-0.39, 0.29) is 24.0 Å². The molecule has 5 nitrogen and oxygen atoms in total. The van der Waals surface area contributed by atoms with Crippen molar-refractivity contribution in [2.75, 3.05) is 26.2 Å². The van der Waals surface area contributed by atoms with E-state index in [1.807, 2.05) is 13.8 Å². The molecule has 6 heteroatoms. The molecule has 0 amide bonds. The first-order valence-corrected chi connectivity index (χ1v) is 8.58. The van der Waals surface area contributed by atoms with Gasteiger partial charge in [-0.1, -0.05) is 11.6 Å². The first-order valence-electron chi connectivity index (χ1n) is 8.58. The fourth-order valence-corrected chi connectivity index (χ4v) is 3.76. The molecule has 3 rings (SSSR count). The van der Waals surface area contributed by atoms with Gasteiger partial charge in [0.15, 0.2) is 5.96 Å². The summed E-state index contributed by atoms with van der Waals surface area (Å²) in [4.78, 5) is 7.29. The van der Waals surface area contributed by atoms with Crippen LogP contribution in [0.1, 0.15) is 49.6 Å². The summed E-state index contributed by atoms with van der Waals surface area (Å²) >= 11 is 0. The van der Waals surface area contributed by atoms with Gasteiger partial charge in [-0.2, -0.15) is 0 Å². The topological polar surface area (TPSA) is 53.7 Å². The molecule has 1 aromatic rings. The summed E-state index contributed by atoms with van der Waals surface area (Å²) in [5.41, 5.74) is 2.81. The van der Waals surface area contributed by atoms with E-state index in [2.05, 4.69) is 22.3 Å². The van der Waals surface area contributed by atoms with E-state index in [4.69, 9.17) is 9.52 Å². The first kappa shape index (κ1) is 18.5. The Labute approximate surface area is 156 Å². The third-order valence-corrected chi connectivity index (χ3v) is 5.29. The second-order valence-electron chi connectivity index (χ2n) is 6.81. The van der Waals surface area contributed by atoms with Crippen molar-refractivity contribution in [3.05, 3.63) is 17.0 Å². The van der Waals surface area contributed by atoms with Gasteiger partial charge in [0.1, 0.15) is 5.76 Å². The Hall–Kier alpha value is -0.790. The van der Waals surface area contributed by atoms with E-state index >= 15 is 0 Å². The van der Waals surface area contributed by atoms with Crippen molar-refractivity contribution in [3.63, 3.8) is 0 Å². The Morgan fingerprint density at radius 2 is 2.13 bits per heavy atom. The SMILES string of the molecule is CCNC(=NCCc1c(C)noc1C)N1CCC2(CCC2)C1.I. The maximum Gasteiger partial charge on any atom is 0.193 e. The van der Waals surface area contributed by atoms with Gasteiger partial charge in [-0.3, -0.25) is 4.99 Å². The number of aryl methyl sites for hydroxylation is 2. The summed E-state index contributed by atoms with van der Waals surface area (Å²) < 4.78 is 5.23. The van der Waals surface area contributed by atoms with Crippen LogP contribution < -0.4 is 5.32 Å². The number of aromatic nitrogens is 1. The maximum absolute atomic E-state index is 5.23. The van der Waals surface area contributed by atoms with Crippen LogP contribution in [0.2, 0.25) is 0 Å². The summed E-state index contributed by atoms with van der Waals surface area (Å²) in [5.74, 6) is 2.00. The molecule has 1 spiro atoms. The lowest BCUT2D eigenvalue weighted by molar-refractivity contribution is 0.151. The molecule has 1 aliphatic carbocycles. The van der Waals surface area contributed by atoms with Crippen molar-refractivity contribution < 1.29 is 4.52 Å². The Bertz CT molecular complexity index is 531. The molecule has 0 radical (unpaired) electrons. The number of rotatable bonds is 4. The van der Waals surface area contributed by atoms with Crippen molar-refractivity contribution in [2.24, 2.45) is 10.4 Å². The normalized spacial score (nSPS) is 19.6. The lowest BCUT2D eigenvalue weighted by Crippen LogP contribution is -2.42. The van der Waals surface area contributed by atoms with Gasteiger partial charge in [0.25, 0.3) is 0 Å². The van der Waals surface area contributed by atoms with Gasteiger partial charge >= 0.3 is 0 Å². The summed E-state index contributed by atoms with van der Waals surface area (Å²) in [7, 11) is 0. The average molecular weight is 432 g/mol. The molecule has 1 aliphatic heterocycles. The van der Waals surface area contributed by atoms with Gasteiger partial charge in [-0.15, -0.1) is 24.0 Å². The fraction of sp³-hybridized carbons (Fsp3) is 0.765. The molecule has 0 atom stereocenters. The van der Waals surface area contributed by atoms with Gasteiger partial charge in [0.05, 0.1) is 5.69 Å². The Morgan fingerprint density at radius 3 is 2.65 bits per heavy atom. The van der Waals surface area contributed by atoms with E-state index in [0.29, 0.717) is 5.41 Å². The smallest absolute Gasteiger partial charge is 0.193 e. The minimum Gasteiger partial charge on any atom is -0.361 e. The minimum atomic E-state index is 0. The summed E-state index contributed by atoms with van der Waals surface area (Å²) in [6.07, 6.45) is 6.45. The van der Waals surface area contributed by atoms with Gasteiger partial charge in [-0.05, 0) is 51.9 Å². The third kappa shape index (κ3) is 4.00. The van der Waals surface area contributed by atoms with Gasteiger partial charge in [0.2, 0.25) is 0 Å². The second kappa shape index (κ2) is 7.85. The number of halogens is 1. The molecule has 1 aromatic heterocycles. The van der Waals surface area contributed by atoms with Crippen LogP contribution in [0.25, 0.3) is 0 Å². The molecule has 1 saturated heterocycles. The van der Waals surface area contributed by atoms with Crippen molar-refractivity contribution in [3.8, 4) is 0 Å². The van der Waals surface area contributed by atoms with E-state index in [9.17, 15) is 0 Å². The van der Waals surface area contributed by atoms with Crippen LogP contribution in [0.5, 0.6) is 0 Å². The highest BCUT2D eigenvalue weighted by molar-refractivity contribution is 14.0. The van der Waals surface area contributed by atoms with E-state index in [0.717, 1.165) is 43.5 Å². The molecule has 0 bridgehead atoms. The van der Waals surface area contributed by atoms with Gasteiger partial charge in [-0.25, -0.2) is 0 Å². The summed E-state index contributed by atoms with van der Waals surface area (Å²) in [6, 6.07) is 0. The second-order valence-corrected chi connectivity index (χ2v) is 6.81. The molecule has 1 N–H and O–H groups in total. The Morgan fingerprint density at radius 1 is 1.35 bits per heavy atom. The lowest BCUT2D eigenvalue weighted by Gasteiger charge is -2.38. The molecule has 0 unspecified atom stereocenters. The van der Waals surface area contributed by atoms with Crippen molar-refractivity contribution >= 4 is 29.9 Å². The number of nitrogens with zero attached hydrogens (tertiary/aromatic N) is 3. The number of aliphatic imine (C=N–C) groups is 1. The number of nitrogens with one attached hydrogen (secondary N) is 1. The standard InChI is InChI=1S/C17H28N4O.HI/c1-4-18-16(21-11-9-17(12-21)7-5-8-17)19-10-6-15-13(2)20-22-14(15)3;/h4-12H2,1-3H3,(H,18,19);1H. The average Bonchev–Trinajstić information content (AvgIpc) is 3.04. The van der Waals surface area contributed by atoms with Crippen LogP contribution in [0, 0.1) is 19.3 Å². The van der Waals surface area contributed by atoms with Crippen molar-refractivity contribution in [1.82, 2.24) is 15.4 Å². The van der Waals surface area contributed by atoms with Crippen LogP contribution in [0.3, 0.4) is 0 Å². The molecular weight excluding hydrogens is 403 g/mol. The van der Waals surface area contributed by atoms with Crippen LogP contribution >= 0.6 is 24.0 Å². The fourth-order valence-electron chi connectivity index (χ4n) is 3.76. The number of hydrogen-bond acceptors (Lipinski definition) is 3. The molecule has 23 heavy (non-hydrogen) atoms. The highest BCUT2D eigenvalue weighted by Crippen LogP contribution is 2.47. The first-order chi connectivity index (χ1) is 10.6. The van der Waals surface area contributed by atoms with Crippen molar-refractivity contribution in [2.45, 2.75) is 52.9 Å². The number of guanidine groups is 1. The molecule has 1 saturated carbocycles. The van der Waals surface area contributed by atoms with Crippen LogP contribution in [0.4, 0.5) is 0 Å². The lowest BCUT2D eigenvalue weighted by atomic mass is 9.68. The maximum atomic E-state index is 5.23. The predicted octanol–water partition coefficient (Wildman–Crippen LogP) is 3.29. The van der Waals surface area contributed by atoms with E-state index < -0.39 is 0 Å². The Kier molecular flexibility index (Phi) is 6.33. The Balaban J connectivity index is 0.00000192. The molecule has 2 aliphatic rings. The quantitative estimate of drug-likeness (QED) is 0.451. The molecule has 130 valence electrons. The number of likely N-dealkylation sites (tertiary alicyclic amines) is 1. The van der Waals surface area contributed by atoms with Crippen molar-refractivity contribution in [1.29, 1.82) is 0 Å². The van der Waals surface area contributed by atoms with Crippen LogP contribution in [-0.2, 0) is 6.42 Å². The minimum absolute atomic E-state index is 0. The summed E-state index contributed by atoms with van der Waals surface area (Å²) in [5, 5.41) is 7.47. The third-order valence-electron chi connectivity index (χ3n) is 5.29. The molecule has 2 fully saturated rings. The zero-order valence-corrected chi connectivity index (χ0v) is 16.9. The zero-order valence-electron chi connectivity index (χ0n) is 14.5. The zero-order chi connectivity index (χ0) is 15.6. The van der Waals surface area contributed by atoms with E-state index in [1.54, 1.807) is 0 Å². The highest BCUT2D eigenvalue weighted by Gasteiger charge is 2.43. The number of hydrogen-bond donors (Lipinski definition) is 1. The summed E-state index contributed by atoms with van der Waals surface area (Å²) in [6.45, 7) is 10.2. The highest BCUT2D eigenvalue weighted by atomic mass is 127. The predicted molar refractivity (Wildman–Crippen MR) is 104 cm³/mol. The van der Waals surface area contributed by atoms with Crippen LogP contribution in [0.15, 0.2) is 9.52 Å². The molecular formula is C17H29IN4O. The monoisotopic (exact) mass is 432 g/mol. The molecule has 2 heterocycles.